The van der Waals surface area contributed by atoms with Crippen LogP contribution < -0.4 is 10.1 Å². The molecule has 0 bridgehead atoms. The van der Waals surface area contributed by atoms with E-state index >= 15 is 0 Å². The molecule has 0 atom stereocenters. The maximum absolute atomic E-state index is 12.9. The van der Waals surface area contributed by atoms with E-state index < -0.39 is 10.0 Å². The molecule has 0 fully saturated rings. The van der Waals surface area contributed by atoms with Crippen molar-refractivity contribution in [1.82, 2.24) is 14.1 Å². The molecule has 3 rings (SSSR count). The highest BCUT2D eigenvalue weighted by Gasteiger charge is 2.23. The number of carbonyl (C=O) groups excluding carboxylic acids is 1. The average molecular weight is 457 g/mol. The van der Waals surface area contributed by atoms with Gasteiger partial charge in [0, 0.05) is 19.3 Å². The lowest BCUT2D eigenvalue weighted by atomic mass is 10.2. The van der Waals surface area contributed by atoms with Crippen molar-refractivity contribution in [3.63, 3.8) is 0 Å². The molecule has 0 aliphatic rings. The number of hydrogen-bond donors (Lipinski definition) is 1. The summed E-state index contributed by atoms with van der Waals surface area (Å²) in [5.74, 6) is 0.121. The van der Waals surface area contributed by atoms with E-state index in [2.05, 4.69) is 10.4 Å². The van der Waals surface area contributed by atoms with Crippen LogP contribution in [-0.2, 0) is 21.2 Å². The second-order valence-electron chi connectivity index (χ2n) is 7.03. The fourth-order valence-corrected chi connectivity index (χ4v) is 4.80. The molecule has 0 aliphatic heterocycles. The third kappa shape index (κ3) is 5.35. The molecule has 1 amide bonds. The van der Waals surface area contributed by atoms with Gasteiger partial charge in [-0.3, -0.25) is 4.79 Å². The van der Waals surface area contributed by atoms with E-state index in [-0.39, 0.29) is 17.2 Å². The Morgan fingerprint density at radius 1 is 1.09 bits per heavy atom. The Balaban J connectivity index is 1.81. The van der Waals surface area contributed by atoms with E-state index in [1.54, 1.807) is 37.0 Å². The van der Waals surface area contributed by atoms with Gasteiger partial charge in [0.2, 0.25) is 15.9 Å². The first-order chi connectivity index (χ1) is 15.4. The zero-order valence-electron chi connectivity index (χ0n) is 18.5. The third-order valence-electron chi connectivity index (χ3n) is 4.89. The normalized spacial score (nSPS) is 11.5. The van der Waals surface area contributed by atoms with Gasteiger partial charge in [0.05, 0.1) is 35.5 Å². The van der Waals surface area contributed by atoms with Crippen molar-refractivity contribution < 1.29 is 17.9 Å². The van der Waals surface area contributed by atoms with E-state index in [0.29, 0.717) is 31.1 Å². The highest BCUT2D eigenvalue weighted by Crippen LogP contribution is 2.29. The standard InChI is InChI=1S/C23H28N4O4S/c1-4-26(5-2)32(29,30)20-12-13-22(31-6-3)21(15-20)25-23(28)14-18-16-24-27(17-18)19-10-8-7-9-11-19/h7-13,15-17H,4-6,14H2,1-3H3,(H,25,28). The fraction of sp³-hybridized carbons (Fsp3) is 0.304. The van der Waals surface area contributed by atoms with Crippen molar-refractivity contribution in [2.75, 3.05) is 25.0 Å². The Morgan fingerprint density at radius 2 is 1.81 bits per heavy atom. The molecule has 0 radical (unpaired) electrons. The van der Waals surface area contributed by atoms with E-state index in [1.165, 1.54) is 16.4 Å². The van der Waals surface area contributed by atoms with Crippen LogP contribution in [0.1, 0.15) is 26.3 Å². The van der Waals surface area contributed by atoms with Crippen LogP contribution in [0.15, 0.2) is 65.8 Å². The van der Waals surface area contributed by atoms with Crippen LogP contribution in [0.5, 0.6) is 5.75 Å². The molecule has 0 unspecified atom stereocenters. The van der Waals surface area contributed by atoms with Gasteiger partial charge in [-0.1, -0.05) is 32.0 Å². The minimum absolute atomic E-state index is 0.0887. The number of benzene rings is 2. The highest BCUT2D eigenvalue weighted by molar-refractivity contribution is 7.89. The zero-order chi connectivity index (χ0) is 23.1. The molecule has 9 heteroatoms. The number of hydrogen-bond acceptors (Lipinski definition) is 5. The molecule has 0 aliphatic carbocycles. The molecular formula is C23H28N4O4S. The predicted octanol–water partition coefficient (Wildman–Crippen LogP) is 3.48. The summed E-state index contributed by atoms with van der Waals surface area (Å²) in [7, 11) is -3.66. The smallest absolute Gasteiger partial charge is 0.243 e. The zero-order valence-corrected chi connectivity index (χ0v) is 19.3. The summed E-state index contributed by atoms with van der Waals surface area (Å²) in [6.45, 7) is 6.50. The molecule has 0 saturated heterocycles. The van der Waals surface area contributed by atoms with Crippen LogP contribution in [0.25, 0.3) is 5.69 Å². The van der Waals surface area contributed by atoms with Crippen molar-refractivity contribution in [2.45, 2.75) is 32.1 Å². The first kappa shape index (κ1) is 23.5. The summed E-state index contributed by atoms with van der Waals surface area (Å²) in [4.78, 5) is 12.8. The van der Waals surface area contributed by atoms with E-state index in [1.807, 2.05) is 37.3 Å². The molecule has 2 aromatic carbocycles. The maximum atomic E-state index is 12.9. The van der Waals surface area contributed by atoms with Gasteiger partial charge in [-0.25, -0.2) is 13.1 Å². The number of sulfonamides is 1. The van der Waals surface area contributed by atoms with Crippen molar-refractivity contribution in [2.24, 2.45) is 0 Å². The molecule has 0 spiro atoms. The van der Waals surface area contributed by atoms with Crippen molar-refractivity contribution in [1.29, 1.82) is 0 Å². The molecule has 0 saturated carbocycles. The number of para-hydroxylation sites is 1. The number of anilines is 1. The number of amides is 1. The quantitative estimate of drug-likeness (QED) is 0.504. The Kier molecular flexibility index (Phi) is 7.66. The second kappa shape index (κ2) is 10.4. The Morgan fingerprint density at radius 3 is 2.47 bits per heavy atom. The first-order valence-electron chi connectivity index (χ1n) is 10.5. The lowest BCUT2D eigenvalue weighted by Crippen LogP contribution is -2.30. The summed E-state index contributed by atoms with van der Waals surface area (Å²) in [5, 5.41) is 7.10. The molecule has 170 valence electrons. The molecule has 1 heterocycles. The lowest BCUT2D eigenvalue weighted by molar-refractivity contribution is -0.115. The average Bonchev–Trinajstić information content (AvgIpc) is 3.24. The Bertz CT molecular complexity index is 1160. The SMILES string of the molecule is CCOc1ccc(S(=O)(=O)N(CC)CC)cc1NC(=O)Cc1cnn(-c2ccccc2)c1. The summed E-state index contributed by atoms with van der Waals surface area (Å²) >= 11 is 0. The number of aromatic nitrogens is 2. The minimum atomic E-state index is -3.66. The minimum Gasteiger partial charge on any atom is -0.492 e. The van der Waals surface area contributed by atoms with Gasteiger partial charge in [-0.05, 0) is 42.8 Å². The number of ether oxygens (including phenoxy) is 1. The van der Waals surface area contributed by atoms with Crippen molar-refractivity contribution in [3.8, 4) is 11.4 Å². The maximum Gasteiger partial charge on any atom is 0.243 e. The van der Waals surface area contributed by atoms with Crippen LogP contribution in [0.4, 0.5) is 5.69 Å². The summed E-state index contributed by atoms with van der Waals surface area (Å²) in [5.41, 5.74) is 1.95. The summed E-state index contributed by atoms with van der Waals surface area (Å²) in [6.07, 6.45) is 3.52. The van der Waals surface area contributed by atoms with Crippen LogP contribution in [0.2, 0.25) is 0 Å². The molecule has 8 nitrogen and oxygen atoms in total. The number of rotatable bonds is 10. The van der Waals surface area contributed by atoms with Crippen molar-refractivity contribution in [3.05, 3.63) is 66.5 Å². The van der Waals surface area contributed by atoms with E-state index in [4.69, 9.17) is 4.74 Å². The van der Waals surface area contributed by atoms with Gasteiger partial charge in [-0.2, -0.15) is 9.40 Å². The highest BCUT2D eigenvalue weighted by atomic mass is 32.2. The lowest BCUT2D eigenvalue weighted by Gasteiger charge is -2.20. The largest absolute Gasteiger partial charge is 0.492 e. The van der Waals surface area contributed by atoms with Gasteiger partial charge in [-0.15, -0.1) is 0 Å². The van der Waals surface area contributed by atoms with E-state index in [9.17, 15) is 13.2 Å². The Labute approximate surface area is 188 Å². The molecule has 3 aromatic rings. The third-order valence-corrected chi connectivity index (χ3v) is 6.94. The summed E-state index contributed by atoms with van der Waals surface area (Å²) < 4.78 is 34.4. The molecule has 1 N–H and O–H groups in total. The summed E-state index contributed by atoms with van der Waals surface area (Å²) in [6, 6.07) is 14.1. The van der Waals surface area contributed by atoms with Crippen molar-refractivity contribution >= 4 is 21.6 Å². The van der Waals surface area contributed by atoms with Crippen LogP contribution in [0, 0.1) is 0 Å². The van der Waals surface area contributed by atoms with Gasteiger partial charge in [0.15, 0.2) is 0 Å². The topological polar surface area (TPSA) is 93.5 Å². The molecule has 32 heavy (non-hydrogen) atoms. The number of nitrogens with zero attached hydrogens (tertiary/aromatic N) is 3. The first-order valence-corrected chi connectivity index (χ1v) is 12.0. The monoisotopic (exact) mass is 456 g/mol. The van der Waals surface area contributed by atoms with E-state index in [0.717, 1.165) is 11.3 Å². The number of carbonyl (C=O) groups is 1. The second-order valence-corrected chi connectivity index (χ2v) is 8.97. The van der Waals surface area contributed by atoms with Crippen LogP contribution in [-0.4, -0.2) is 48.1 Å². The van der Waals surface area contributed by atoms with Gasteiger partial charge in [0.1, 0.15) is 5.75 Å². The Hall–Kier alpha value is -3.17. The van der Waals surface area contributed by atoms with Gasteiger partial charge < -0.3 is 10.1 Å². The van der Waals surface area contributed by atoms with Gasteiger partial charge in [0.25, 0.3) is 0 Å². The number of nitrogens with one attached hydrogen (secondary N) is 1. The predicted molar refractivity (Wildman–Crippen MR) is 124 cm³/mol. The van der Waals surface area contributed by atoms with Crippen LogP contribution in [0.3, 0.4) is 0 Å². The fourth-order valence-electron chi connectivity index (χ4n) is 3.31. The molecule has 1 aromatic heterocycles. The van der Waals surface area contributed by atoms with Crippen LogP contribution >= 0.6 is 0 Å². The van der Waals surface area contributed by atoms with Gasteiger partial charge >= 0.3 is 0 Å². The molecular weight excluding hydrogens is 428 g/mol.